The molecule has 0 aliphatic carbocycles. The highest BCUT2D eigenvalue weighted by Crippen LogP contribution is 2.27. The smallest absolute Gasteiger partial charge is 0.230 e. The molecule has 12 nitrogen and oxygen atoms in total. The minimum atomic E-state index is 1.06. The second kappa shape index (κ2) is 28.9. The topological polar surface area (TPSA) is 54.2 Å². The first kappa shape index (κ1) is 69.5. The third kappa shape index (κ3) is 12.9. The van der Waals surface area contributed by atoms with Gasteiger partial charge < -0.3 is 0 Å². The van der Waals surface area contributed by atoms with E-state index < -0.39 is 0 Å². The predicted molar refractivity (Wildman–Crippen MR) is 421 cm³/mol. The van der Waals surface area contributed by atoms with Crippen LogP contribution in [-0.4, -0.2) is 27.4 Å². The van der Waals surface area contributed by atoms with Gasteiger partial charge in [-0.15, -0.1) is 0 Å². The van der Waals surface area contributed by atoms with Crippen molar-refractivity contribution < 1.29 is 26.4 Å². The Labute approximate surface area is 600 Å². The molecule has 12 heterocycles. The summed E-state index contributed by atoms with van der Waals surface area (Å²) < 4.78 is 27.1. The van der Waals surface area contributed by atoms with E-state index in [1.807, 2.05) is 0 Å². The molecule has 18 rings (SSSR count). The molecule has 0 N–H and O–H groups in total. The lowest BCUT2D eigenvalue weighted by Gasteiger charge is -2.01. The van der Waals surface area contributed by atoms with Crippen molar-refractivity contribution >= 4 is 98.5 Å². The van der Waals surface area contributed by atoms with Crippen LogP contribution in [0, 0.1) is 41.5 Å². The molecule has 12 heteroatoms. The molecule has 0 atom stereocenters. The van der Waals surface area contributed by atoms with Crippen LogP contribution in [0.1, 0.15) is 109 Å². The second-order valence-electron chi connectivity index (χ2n) is 27.9. The van der Waals surface area contributed by atoms with E-state index in [1.54, 1.807) is 0 Å². The Hall–Kier alpha value is -11.0. The minimum absolute atomic E-state index is 1.06. The Morgan fingerprint density at radius 2 is 0.529 bits per heavy atom. The maximum atomic E-state index is 2.30. The van der Waals surface area contributed by atoms with E-state index in [4.69, 9.17) is 0 Å². The van der Waals surface area contributed by atoms with Gasteiger partial charge in [0.15, 0.2) is 0 Å². The summed E-state index contributed by atoms with van der Waals surface area (Å²) >= 11 is 0. The highest BCUT2D eigenvalue weighted by molar-refractivity contribution is 5.97. The van der Waals surface area contributed by atoms with E-state index in [1.165, 1.54) is 166 Å². The SMILES string of the molecule is CCc1c[n+]2ccc3c(C)cccc3c2n1C.CCc1c[n+]2ccc3cc(C)ccc3c2n1C.CCc1c[n+]2ccc3cc(C)ccc3c2n1C.CCc1c[n+]2ccc3ccc(C)cc3c2n1C.CCc1c[n+]2ccc3ccc(C)cc3c2n1C.CCc1c[n+]2ccc3cccc(C)c3c2n1C. The zero-order chi connectivity index (χ0) is 71.9. The van der Waals surface area contributed by atoms with Crippen molar-refractivity contribution in [3.8, 4) is 0 Å². The van der Waals surface area contributed by atoms with Crippen LogP contribution in [0.3, 0.4) is 0 Å². The molecule has 6 aromatic carbocycles. The molecule has 12 aromatic heterocycles. The highest BCUT2D eigenvalue weighted by Gasteiger charge is 2.23. The van der Waals surface area contributed by atoms with Crippen LogP contribution in [-0.2, 0) is 80.8 Å². The molecule has 0 radical (unpaired) electrons. The van der Waals surface area contributed by atoms with Gasteiger partial charge in [-0.25, -0.2) is 53.8 Å². The van der Waals surface area contributed by atoms with Gasteiger partial charge in [-0.1, -0.05) is 143 Å². The maximum Gasteiger partial charge on any atom is 0.294 e. The van der Waals surface area contributed by atoms with E-state index in [0.717, 1.165) is 38.5 Å². The largest absolute Gasteiger partial charge is 0.294 e. The standard InChI is InChI=1S/6C15H17N2/c2*1-4-13-10-17-8-7-12-9-11(2)5-6-14(12)15(17)16(13)3;2*1-4-13-10-17-8-7-12-6-5-11(2)9-14(12)15(17)16(13)3;1-4-13-10-17-9-8-12-7-5-6-11(2)14(12)15(17)16(13)3;1-4-12-10-17-9-8-13-11(2)6-5-7-14(13)15(17)16(12)3/h6*5-10H,4H2,1-3H3/q6*+1. The van der Waals surface area contributed by atoms with Gasteiger partial charge in [-0.3, -0.25) is 0 Å². The van der Waals surface area contributed by atoms with Crippen molar-refractivity contribution in [2.75, 3.05) is 0 Å². The first-order valence-corrected chi connectivity index (χ1v) is 36.6. The Kier molecular flexibility index (Phi) is 19.7. The van der Waals surface area contributed by atoms with Crippen LogP contribution in [0.2, 0.25) is 0 Å². The normalized spacial score (nSPS) is 11.5. The number of fused-ring (bicyclic) bond motifs is 18. The van der Waals surface area contributed by atoms with Crippen molar-refractivity contribution in [2.45, 2.75) is 122 Å². The van der Waals surface area contributed by atoms with Crippen LogP contribution in [0.25, 0.3) is 98.5 Å². The third-order valence-corrected chi connectivity index (χ3v) is 21.2. The van der Waals surface area contributed by atoms with Gasteiger partial charge in [-0.05, 0) is 152 Å². The average Bonchev–Trinajstić information content (AvgIpc) is 1.62. The van der Waals surface area contributed by atoms with Crippen molar-refractivity contribution in [1.82, 2.24) is 27.4 Å². The van der Waals surface area contributed by atoms with E-state index in [2.05, 4.69) is 399 Å². The summed E-state index contributed by atoms with van der Waals surface area (Å²) in [7, 11) is 12.9. The van der Waals surface area contributed by atoms with E-state index >= 15 is 0 Å². The van der Waals surface area contributed by atoms with Crippen LogP contribution in [0.4, 0.5) is 0 Å². The molecule has 0 aliphatic rings. The van der Waals surface area contributed by atoms with E-state index in [0.29, 0.717) is 0 Å². The number of benzene rings is 6. The average molecular weight is 1350 g/mol. The summed E-state index contributed by atoms with van der Waals surface area (Å²) in [6.07, 6.45) is 32.6. The lowest BCUT2D eigenvalue weighted by molar-refractivity contribution is -0.509. The van der Waals surface area contributed by atoms with Gasteiger partial charge in [0, 0.05) is 38.5 Å². The predicted octanol–water partition coefficient (Wildman–Crippen LogP) is 16.7. The summed E-state index contributed by atoms with van der Waals surface area (Å²) in [5.41, 5.74) is 23.8. The second-order valence-corrected chi connectivity index (χ2v) is 27.9. The molecular formula is C90H102N12+6. The lowest BCUT2D eigenvalue weighted by Crippen LogP contribution is -2.18. The van der Waals surface area contributed by atoms with Crippen molar-refractivity contribution in [2.24, 2.45) is 42.3 Å². The number of hydrogen-bond acceptors (Lipinski definition) is 0. The summed E-state index contributed by atoms with van der Waals surface area (Å²) in [5.74, 6) is 0. The molecule has 0 unspecified atom stereocenters. The third-order valence-electron chi connectivity index (χ3n) is 21.2. The minimum Gasteiger partial charge on any atom is -0.230 e. The number of aryl methyl sites for hydroxylation is 18. The lowest BCUT2D eigenvalue weighted by atomic mass is 10.1. The van der Waals surface area contributed by atoms with Crippen LogP contribution in [0.5, 0.6) is 0 Å². The van der Waals surface area contributed by atoms with Crippen molar-refractivity contribution in [3.05, 3.63) is 287 Å². The van der Waals surface area contributed by atoms with Crippen LogP contribution < -0.4 is 26.4 Å². The van der Waals surface area contributed by atoms with Gasteiger partial charge in [0.25, 0.3) is 33.9 Å². The van der Waals surface area contributed by atoms with E-state index in [9.17, 15) is 0 Å². The molecule has 0 aliphatic heterocycles. The Balaban J connectivity index is 0.000000109. The molecule has 0 saturated carbocycles. The highest BCUT2D eigenvalue weighted by atomic mass is 15.1. The van der Waals surface area contributed by atoms with Crippen LogP contribution in [0.15, 0.2) is 220 Å². The van der Waals surface area contributed by atoms with Gasteiger partial charge in [0.1, 0.15) is 71.3 Å². The van der Waals surface area contributed by atoms with Gasteiger partial charge in [0.05, 0.1) is 112 Å². The number of pyridine rings is 6. The number of hydrogen-bond donors (Lipinski definition) is 0. The molecule has 18 aromatic rings. The molecule has 0 bridgehead atoms. The Morgan fingerprint density at radius 3 is 0.922 bits per heavy atom. The molecule has 0 spiro atoms. The zero-order valence-corrected chi connectivity index (χ0v) is 63.4. The maximum absolute atomic E-state index is 2.30. The van der Waals surface area contributed by atoms with Gasteiger partial charge in [0.2, 0.25) is 0 Å². The fourth-order valence-electron chi connectivity index (χ4n) is 15.5. The molecule has 516 valence electrons. The van der Waals surface area contributed by atoms with Gasteiger partial charge >= 0.3 is 0 Å². The first-order chi connectivity index (χ1) is 49.2. The fraction of sp³-hybridized carbons (Fsp3) is 0.267. The number of imidazole rings is 6. The van der Waals surface area contributed by atoms with Crippen molar-refractivity contribution in [3.63, 3.8) is 0 Å². The summed E-state index contributed by atoms with van der Waals surface area (Å²) in [6.45, 7) is 26.1. The number of rotatable bonds is 6. The quantitative estimate of drug-likeness (QED) is 0.149. The van der Waals surface area contributed by atoms with E-state index in [-0.39, 0.29) is 0 Å². The molecular weight excluding hydrogens is 1250 g/mol. The zero-order valence-electron chi connectivity index (χ0n) is 63.4. The first-order valence-electron chi connectivity index (χ1n) is 36.6. The summed E-state index contributed by atoms with van der Waals surface area (Å²) in [4.78, 5) is 0. The molecule has 102 heavy (non-hydrogen) atoms. The summed E-state index contributed by atoms with van der Waals surface area (Å²) in [5, 5.41) is 15.9. The Bertz CT molecular complexity index is 5870. The van der Waals surface area contributed by atoms with Gasteiger partial charge in [-0.2, -0.15) is 0 Å². The molecule has 0 fully saturated rings. The number of aromatic nitrogens is 12. The number of nitrogens with zero attached hydrogens (tertiary/aromatic N) is 12. The molecule has 0 amide bonds. The van der Waals surface area contributed by atoms with Crippen LogP contribution >= 0.6 is 0 Å². The Morgan fingerprint density at radius 1 is 0.235 bits per heavy atom. The summed E-state index contributed by atoms with van der Waals surface area (Å²) in [6, 6.07) is 52.7. The molecule has 0 saturated heterocycles. The van der Waals surface area contributed by atoms with Crippen molar-refractivity contribution in [1.29, 1.82) is 0 Å². The fourth-order valence-corrected chi connectivity index (χ4v) is 15.5. The monoisotopic (exact) mass is 1350 g/mol.